The first kappa shape index (κ1) is 46.0. The zero-order valence-corrected chi connectivity index (χ0v) is 35.0. The molecular weight excluding hydrogens is 722 g/mol. The minimum absolute atomic E-state index is 0.00689. The highest BCUT2D eigenvalue weighted by Crippen LogP contribution is 2.48. The fraction of sp³-hybridized carbons (Fsp3) is 0.791. The van der Waals surface area contributed by atoms with E-state index in [1.54, 1.807) is 13.8 Å². The van der Waals surface area contributed by atoms with E-state index in [0.717, 1.165) is 31.4 Å². The van der Waals surface area contributed by atoms with Crippen LogP contribution in [0.1, 0.15) is 118 Å². The van der Waals surface area contributed by atoms with Gasteiger partial charge in [-0.3, -0.25) is 9.59 Å². The molecule has 6 bridgehead atoms. The standard InChI is InChI=1S/C43H69NO12/c1-27-17-32-21-30(46)22-39(49)54-36(28(2)45)24-34-19-29(20-38(48)51-9)40(55-37(47)13-11-10-12-16-44(7)8)43(50,56-34)42(5,6)15-14-31-25-41(3,4)26-35(52-31)23-33(18-27)53-32/h14-15,20,28,30-36,40,45-46,50H,1,10-13,16-19,21-26H2,2-9H3/b15-14+,29-20+/t28-,30-,31+,32+,33-,34+,35-,36-,40+,43-/m1/s1. The smallest absolute Gasteiger partial charge is 0.330 e. The first-order valence-electron chi connectivity index (χ1n) is 20.4. The second kappa shape index (κ2) is 19.9. The number of aliphatic hydroxyl groups is 3. The normalized spacial score (nSPS) is 35.9. The molecule has 0 aromatic heterocycles. The number of carbonyl (C=O) groups excluding carboxylic acids is 3. The number of nitrogens with zero attached hydrogens (tertiary/aromatic N) is 1. The third-order valence-electron chi connectivity index (χ3n) is 11.5. The topological polar surface area (TPSA) is 171 Å². The first-order chi connectivity index (χ1) is 26.2. The summed E-state index contributed by atoms with van der Waals surface area (Å²) in [5, 5.41) is 34.7. The molecule has 4 heterocycles. The SMILES string of the molecule is C=C1C[C@@H]2C[C@@H]3CC(C)(C)C[C@H](/C=C/C(C)(C)[C@]4(O)O[C@@H](C/C(=C\C(=O)OC)[C@@H]4OC(=O)CCCCCN(C)C)C[C@H]([C@@H](C)O)OC(=O)C[C@H](O)C[C@H](C1)O2)O3. The molecular formula is C43H69NO12. The Kier molecular flexibility index (Phi) is 16.3. The van der Waals surface area contributed by atoms with Crippen LogP contribution in [0.25, 0.3) is 0 Å². The maximum absolute atomic E-state index is 13.5. The van der Waals surface area contributed by atoms with Crippen molar-refractivity contribution in [1.82, 2.24) is 4.90 Å². The van der Waals surface area contributed by atoms with Crippen LogP contribution in [0.5, 0.6) is 0 Å². The molecule has 56 heavy (non-hydrogen) atoms. The van der Waals surface area contributed by atoms with Gasteiger partial charge in [-0.25, -0.2) is 4.79 Å². The van der Waals surface area contributed by atoms with Crippen molar-refractivity contribution >= 4 is 17.9 Å². The second-order valence-corrected chi connectivity index (χ2v) is 18.2. The molecule has 3 saturated heterocycles. The molecule has 0 amide bonds. The molecule has 13 heteroatoms. The quantitative estimate of drug-likeness (QED) is 0.0930. The highest BCUT2D eigenvalue weighted by molar-refractivity contribution is 5.83. The zero-order chi connectivity index (χ0) is 41.4. The molecule has 0 aliphatic carbocycles. The molecule has 4 aliphatic heterocycles. The number of ether oxygens (including phenoxy) is 6. The van der Waals surface area contributed by atoms with Crippen molar-refractivity contribution in [2.24, 2.45) is 10.8 Å². The minimum Gasteiger partial charge on any atom is -0.466 e. The Morgan fingerprint density at radius 3 is 2.34 bits per heavy atom. The van der Waals surface area contributed by atoms with E-state index in [2.05, 4.69) is 25.3 Å². The number of cyclic esters (lactones) is 1. The van der Waals surface area contributed by atoms with Crippen molar-refractivity contribution < 1.29 is 58.1 Å². The van der Waals surface area contributed by atoms with E-state index >= 15 is 0 Å². The molecule has 0 aromatic carbocycles. The lowest BCUT2D eigenvalue weighted by atomic mass is 9.73. The lowest BCUT2D eigenvalue weighted by Gasteiger charge is -2.51. The summed E-state index contributed by atoms with van der Waals surface area (Å²) in [5.41, 5.74) is -0.0709. The Bertz CT molecular complexity index is 1420. The fourth-order valence-corrected chi connectivity index (χ4v) is 8.54. The average molecular weight is 792 g/mol. The summed E-state index contributed by atoms with van der Waals surface area (Å²) in [6.45, 7) is 14.5. The van der Waals surface area contributed by atoms with Crippen molar-refractivity contribution in [3.05, 3.63) is 36.0 Å². The number of rotatable bonds is 9. The highest BCUT2D eigenvalue weighted by Gasteiger charge is 2.58. The Hall–Kier alpha value is -2.65. The van der Waals surface area contributed by atoms with E-state index in [1.165, 1.54) is 20.1 Å². The van der Waals surface area contributed by atoms with Gasteiger partial charge < -0.3 is 48.6 Å². The van der Waals surface area contributed by atoms with E-state index in [0.29, 0.717) is 32.1 Å². The van der Waals surface area contributed by atoms with Gasteiger partial charge in [0.1, 0.15) is 6.10 Å². The molecule has 0 saturated carbocycles. The van der Waals surface area contributed by atoms with Crippen molar-refractivity contribution in [3.63, 3.8) is 0 Å². The lowest BCUT2D eigenvalue weighted by molar-refractivity contribution is -0.327. The molecule has 0 radical (unpaired) electrons. The number of hydrogen-bond donors (Lipinski definition) is 3. The molecule has 0 unspecified atom stereocenters. The van der Waals surface area contributed by atoms with Crippen molar-refractivity contribution in [2.45, 2.75) is 179 Å². The van der Waals surface area contributed by atoms with Gasteiger partial charge in [-0.15, -0.1) is 0 Å². The van der Waals surface area contributed by atoms with E-state index in [1.807, 2.05) is 26.2 Å². The Balaban J connectivity index is 1.74. The molecule has 4 rings (SSSR count). The number of unbranched alkanes of at least 4 members (excludes halogenated alkanes) is 2. The summed E-state index contributed by atoms with van der Waals surface area (Å²) >= 11 is 0. The van der Waals surface area contributed by atoms with Crippen LogP contribution in [-0.4, -0.2) is 127 Å². The van der Waals surface area contributed by atoms with Gasteiger partial charge in [0.2, 0.25) is 5.79 Å². The van der Waals surface area contributed by atoms with Crippen LogP contribution >= 0.6 is 0 Å². The van der Waals surface area contributed by atoms with E-state index in [9.17, 15) is 29.7 Å². The predicted octanol–water partition coefficient (Wildman–Crippen LogP) is 5.08. The molecule has 3 fully saturated rings. The molecule has 318 valence electrons. The number of methoxy groups -OCH3 is 1. The van der Waals surface area contributed by atoms with Crippen molar-refractivity contribution in [2.75, 3.05) is 27.7 Å². The Labute approximate surface area is 333 Å². The van der Waals surface area contributed by atoms with Gasteiger partial charge in [0, 0.05) is 37.2 Å². The molecule has 4 aliphatic rings. The van der Waals surface area contributed by atoms with Crippen LogP contribution in [0.15, 0.2) is 36.0 Å². The molecule has 10 atom stereocenters. The largest absolute Gasteiger partial charge is 0.466 e. The number of aliphatic hydroxyl groups excluding tert-OH is 2. The summed E-state index contributed by atoms with van der Waals surface area (Å²) < 4.78 is 36.5. The average Bonchev–Trinajstić information content (AvgIpc) is 3.06. The van der Waals surface area contributed by atoms with Crippen LogP contribution in [-0.2, 0) is 42.8 Å². The second-order valence-electron chi connectivity index (χ2n) is 18.2. The van der Waals surface area contributed by atoms with Crippen LogP contribution in [0.3, 0.4) is 0 Å². The Morgan fingerprint density at radius 1 is 0.982 bits per heavy atom. The van der Waals surface area contributed by atoms with E-state index < -0.39 is 59.6 Å². The van der Waals surface area contributed by atoms with Gasteiger partial charge in [-0.1, -0.05) is 58.4 Å². The maximum Gasteiger partial charge on any atom is 0.330 e. The summed E-state index contributed by atoms with van der Waals surface area (Å²) in [6.07, 6.45) is 3.89. The maximum atomic E-state index is 13.5. The summed E-state index contributed by atoms with van der Waals surface area (Å²) in [6, 6.07) is 0. The third kappa shape index (κ3) is 13.2. The first-order valence-corrected chi connectivity index (χ1v) is 20.4. The van der Waals surface area contributed by atoms with Crippen molar-refractivity contribution in [3.8, 4) is 0 Å². The van der Waals surface area contributed by atoms with Crippen LogP contribution in [0.2, 0.25) is 0 Å². The van der Waals surface area contributed by atoms with Crippen LogP contribution < -0.4 is 0 Å². The predicted molar refractivity (Wildman–Crippen MR) is 209 cm³/mol. The third-order valence-corrected chi connectivity index (χ3v) is 11.5. The molecule has 13 nitrogen and oxygen atoms in total. The van der Waals surface area contributed by atoms with Gasteiger partial charge in [0.15, 0.2) is 6.10 Å². The fourth-order valence-electron chi connectivity index (χ4n) is 8.54. The number of fused-ring (bicyclic) bond motifs is 6. The molecule has 3 N–H and O–H groups in total. The number of hydrogen-bond acceptors (Lipinski definition) is 13. The lowest BCUT2D eigenvalue weighted by Crippen LogP contribution is -2.62. The monoisotopic (exact) mass is 791 g/mol. The van der Waals surface area contributed by atoms with E-state index in [4.69, 9.17) is 28.4 Å². The van der Waals surface area contributed by atoms with Gasteiger partial charge in [0.25, 0.3) is 0 Å². The molecule has 0 aromatic rings. The van der Waals surface area contributed by atoms with Gasteiger partial charge in [-0.2, -0.15) is 0 Å². The summed E-state index contributed by atoms with van der Waals surface area (Å²) in [5.74, 6) is -4.23. The van der Waals surface area contributed by atoms with Crippen LogP contribution in [0.4, 0.5) is 0 Å². The zero-order valence-electron chi connectivity index (χ0n) is 35.0. The minimum atomic E-state index is -2.24. The summed E-state index contributed by atoms with van der Waals surface area (Å²) in [4.78, 5) is 41.6. The highest BCUT2D eigenvalue weighted by atomic mass is 16.7. The Morgan fingerprint density at radius 2 is 1.68 bits per heavy atom. The van der Waals surface area contributed by atoms with Gasteiger partial charge in [-0.05, 0) is 83.5 Å². The van der Waals surface area contributed by atoms with Gasteiger partial charge in [0.05, 0.1) is 56.3 Å². The van der Waals surface area contributed by atoms with E-state index in [-0.39, 0.29) is 67.5 Å². The number of esters is 3. The number of carbonyl (C=O) groups is 3. The van der Waals surface area contributed by atoms with Gasteiger partial charge >= 0.3 is 17.9 Å². The van der Waals surface area contributed by atoms with Crippen molar-refractivity contribution in [1.29, 1.82) is 0 Å². The molecule has 0 spiro atoms. The van der Waals surface area contributed by atoms with Crippen LogP contribution in [0, 0.1) is 10.8 Å². The summed E-state index contributed by atoms with van der Waals surface area (Å²) in [7, 11) is 5.21.